The largest absolute Gasteiger partial charge is 0.390 e. The zero-order chi connectivity index (χ0) is 12.5. The molecule has 0 radical (unpaired) electrons. The monoisotopic (exact) mass is 259 g/mol. The molecule has 0 amide bonds. The fraction of sp³-hybridized carbons (Fsp3) is 0.0769. The van der Waals surface area contributed by atoms with Gasteiger partial charge in [0.1, 0.15) is 5.82 Å². The van der Waals surface area contributed by atoms with E-state index in [1.165, 1.54) is 0 Å². The number of aromatic amines is 1. The summed E-state index contributed by atoms with van der Waals surface area (Å²) >= 11 is 6.14. The first-order valence-corrected chi connectivity index (χ1v) is 5.86. The second-order valence-electron chi connectivity index (χ2n) is 3.91. The van der Waals surface area contributed by atoms with Crippen LogP contribution in [0.4, 0.5) is 0 Å². The predicted octanol–water partition coefficient (Wildman–Crippen LogP) is 2.77. The van der Waals surface area contributed by atoms with Gasteiger partial charge in [-0.1, -0.05) is 11.6 Å². The minimum Gasteiger partial charge on any atom is -0.390 e. The molecule has 90 valence electrons. The molecule has 0 aliphatic rings. The van der Waals surface area contributed by atoms with Gasteiger partial charge in [0.25, 0.3) is 0 Å². The zero-order valence-electron chi connectivity index (χ0n) is 9.39. The summed E-state index contributed by atoms with van der Waals surface area (Å²) in [4.78, 5) is 11.6. The smallest absolute Gasteiger partial charge is 0.139 e. The highest BCUT2D eigenvalue weighted by atomic mass is 35.5. The fourth-order valence-corrected chi connectivity index (χ4v) is 2.12. The average Bonchev–Trinajstić information content (AvgIpc) is 2.88. The Morgan fingerprint density at radius 3 is 2.89 bits per heavy atom. The molecule has 0 spiro atoms. The maximum atomic E-state index is 9.05. The van der Waals surface area contributed by atoms with E-state index in [2.05, 4.69) is 15.0 Å². The molecule has 1 aromatic carbocycles. The molecule has 2 aromatic heterocycles. The lowest BCUT2D eigenvalue weighted by atomic mass is 10.1. The van der Waals surface area contributed by atoms with E-state index in [9.17, 15) is 0 Å². The Balaban J connectivity index is 2.26. The third kappa shape index (κ3) is 1.75. The molecule has 2 N–H and O–H groups in total. The number of nitrogens with one attached hydrogen (secondary N) is 1. The molecule has 0 unspecified atom stereocenters. The van der Waals surface area contributed by atoms with Gasteiger partial charge < -0.3 is 10.1 Å². The molecule has 0 atom stereocenters. The first kappa shape index (κ1) is 11.2. The molecule has 0 bridgehead atoms. The number of halogens is 1. The van der Waals surface area contributed by atoms with E-state index >= 15 is 0 Å². The van der Waals surface area contributed by atoms with Gasteiger partial charge in [-0.15, -0.1) is 0 Å². The summed E-state index contributed by atoms with van der Waals surface area (Å²) in [5.74, 6) is 0.680. The number of hydrogen-bond donors (Lipinski definition) is 2. The van der Waals surface area contributed by atoms with Crippen molar-refractivity contribution in [1.82, 2.24) is 15.0 Å². The van der Waals surface area contributed by atoms with Crippen molar-refractivity contribution < 1.29 is 5.11 Å². The summed E-state index contributed by atoms with van der Waals surface area (Å²) in [6, 6.07) is 7.46. The SMILES string of the molecule is OCc1cnc(-c2ccc(Cl)c3cccnc23)[nH]1. The van der Waals surface area contributed by atoms with Crippen molar-refractivity contribution in [3.8, 4) is 11.4 Å². The number of fused-ring (bicyclic) bond motifs is 1. The highest BCUT2D eigenvalue weighted by Crippen LogP contribution is 2.29. The Labute approximate surface area is 108 Å². The van der Waals surface area contributed by atoms with E-state index < -0.39 is 0 Å². The number of aromatic nitrogens is 3. The van der Waals surface area contributed by atoms with E-state index in [4.69, 9.17) is 16.7 Å². The van der Waals surface area contributed by atoms with Gasteiger partial charge in [0, 0.05) is 17.1 Å². The molecule has 2 heterocycles. The van der Waals surface area contributed by atoms with Gasteiger partial charge in [-0.3, -0.25) is 4.98 Å². The van der Waals surface area contributed by atoms with E-state index in [0.717, 1.165) is 16.5 Å². The first-order chi connectivity index (χ1) is 8.79. The number of nitrogens with zero attached hydrogens (tertiary/aromatic N) is 2. The first-order valence-electron chi connectivity index (χ1n) is 5.48. The zero-order valence-corrected chi connectivity index (χ0v) is 10.1. The van der Waals surface area contributed by atoms with Crippen LogP contribution < -0.4 is 0 Å². The fourth-order valence-electron chi connectivity index (χ4n) is 1.91. The molecule has 0 fully saturated rings. The maximum absolute atomic E-state index is 9.05. The van der Waals surface area contributed by atoms with Crippen molar-refractivity contribution in [1.29, 1.82) is 0 Å². The summed E-state index contributed by atoms with van der Waals surface area (Å²) in [5.41, 5.74) is 2.34. The van der Waals surface area contributed by atoms with Crippen molar-refractivity contribution in [2.45, 2.75) is 6.61 Å². The molecule has 18 heavy (non-hydrogen) atoms. The van der Waals surface area contributed by atoms with Crippen LogP contribution in [0.3, 0.4) is 0 Å². The van der Waals surface area contributed by atoms with Crippen LogP contribution in [0.25, 0.3) is 22.3 Å². The second-order valence-corrected chi connectivity index (χ2v) is 4.32. The average molecular weight is 260 g/mol. The lowest BCUT2D eigenvalue weighted by Gasteiger charge is -2.04. The third-order valence-corrected chi connectivity index (χ3v) is 3.10. The van der Waals surface area contributed by atoms with E-state index in [1.807, 2.05) is 24.3 Å². The molecule has 0 saturated heterocycles. The van der Waals surface area contributed by atoms with Crippen molar-refractivity contribution in [3.05, 3.63) is 47.4 Å². The predicted molar refractivity (Wildman–Crippen MR) is 70.3 cm³/mol. The number of pyridine rings is 1. The van der Waals surface area contributed by atoms with Crippen LogP contribution in [0.5, 0.6) is 0 Å². The van der Waals surface area contributed by atoms with Gasteiger partial charge in [0.15, 0.2) is 0 Å². The standard InChI is InChI=1S/C13H10ClN3O/c14-11-4-3-10(12-9(11)2-1-5-15-12)13-16-6-8(7-18)17-13/h1-6,18H,7H2,(H,16,17). The highest BCUT2D eigenvalue weighted by molar-refractivity contribution is 6.35. The molecule has 5 heteroatoms. The summed E-state index contributed by atoms with van der Waals surface area (Å²) in [6.07, 6.45) is 3.33. The topological polar surface area (TPSA) is 61.8 Å². The van der Waals surface area contributed by atoms with Crippen molar-refractivity contribution in [3.63, 3.8) is 0 Å². The van der Waals surface area contributed by atoms with Crippen LogP contribution in [0.1, 0.15) is 5.69 Å². The Morgan fingerprint density at radius 1 is 1.22 bits per heavy atom. The minimum absolute atomic E-state index is 0.0635. The molecular weight excluding hydrogens is 250 g/mol. The lowest BCUT2D eigenvalue weighted by Crippen LogP contribution is -1.88. The molecule has 0 aliphatic carbocycles. The van der Waals surface area contributed by atoms with Gasteiger partial charge in [0.05, 0.1) is 29.0 Å². The Bertz CT molecular complexity index is 708. The number of benzene rings is 1. The van der Waals surface area contributed by atoms with Gasteiger partial charge in [-0.2, -0.15) is 0 Å². The van der Waals surface area contributed by atoms with E-state index in [-0.39, 0.29) is 6.61 Å². The summed E-state index contributed by atoms with van der Waals surface area (Å²) in [7, 11) is 0. The molecular formula is C13H10ClN3O. The number of imidazole rings is 1. The van der Waals surface area contributed by atoms with Crippen LogP contribution in [0, 0.1) is 0 Å². The highest BCUT2D eigenvalue weighted by Gasteiger charge is 2.10. The van der Waals surface area contributed by atoms with Crippen molar-refractivity contribution >= 4 is 22.5 Å². The second kappa shape index (κ2) is 4.40. The molecule has 4 nitrogen and oxygen atoms in total. The number of rotatable bonds is 2. The lowest BCUT2D eigenvalue weighted by molar-refractivity contribution is 0.277. The summed E-state index contributed by atoms with van der Waals surface area (Å²) in [5, 5.41) is 10.6. The molecule has 3 rings (SSSR count). The van der Waals surface area contributed by atoms with Gasteiger partial charge in [-0.05, 0) is 24.3 Å². The van der Waals surface area contributed by atoms with Crippen LogP contribution >= 0.6 is 11.6 Å². The Kier molecular flexibility index (Phi) is 2.74. The van der Waals surface area contributed by atoms with Gasteiger partial charge in [0.2, 0.25) is 0 Å². The number of hydrogen-bond acceptors (Lipinski definition) is 3. The molecule has 0 aliphatic heterocycles. The van der Waals surface area contributed by atoms with Crippen LogP contribution in [-0.4, -0.2) is 20.1 Å². The number of aliphatic hydroxyl groups is 1. The summed E-state index contributed by atoms with van der Waals surface area (Å²) in [6.45, 7) is -0.0635. The van der Waals surface area contributed by atoms with Crippen molar-refractivity contribution in [2.24, 2.45) is 0 Å². The number of H-pyrrole nitrogens is 1. The Morgan fingerprint density at radius 2 is 2.11 bits per heavy atom. The number of aliphatic hydroxyl groups excluding tert-OH is 1. The third-order valence-electron chi connectivity index (χ3n) is 2.77. The molecule has 0 saturated carbocycles. The van der Waals surface area contributed by atoms with Gasteiger partial charge >= 0.3 is 0 Å². The van der Waals surface area contributed by atoms with Crippen molar-refractivity contribution in [2.75, 3.05) is 0 Å². The van der Waals surface area contributed by atoms with Gasteiger partial charge in [-0.25, -0.2) is 4.98 Å². The van der Waals surface area contributed by atoms with E-state index in [1.54, 1.807) is 12.4 Å². The minimum atomic E-state index is -0.0635. The van der Waals surface area contributed by atoms with E-state index in [0.29, 0.717) is 16.5 Å². The van der Waals surface area contributed by atoms with Crippen LogP contribution in [0.15, 0.2) is 36.7 Å². The maximum Gasteiger partial charge on any atom is 0.139 e. The Hall–Kier alpha value is -1.91. The molecule has 3 aromatic rings. The normalized spacial score (nSPS) is 11.0. The van der Waals surface area contributed by atoms with Crippen LogP contribution in [0.2, 0.25) is 5.02 Å². The summed E-state index contributed by atoms with van der Waals surface area (Å²) < 4.78 is 0. The quantitative estimate of drug-likeness (QED) is 0.744. The van der Waals surface area contributed by atoms with Crippen LogP contribution in [-0.2, 0) is 6.61 Å².